The molecule has 2 rings (SSSR count). The maximum Gasteiger partial charge on any atom is 0.226 e. The number of carbonyl (C=O) groups excluding carboxylic acids is 2. The quantitative estimate of drug-likeness (QED) is 0.866. The van der Waals surface area contributed by atoms with Crippen molar-refractivity contribution in [3.05, 3.63) is 23.2 Å². The van der Waals surface area contributed by atoms with Crippen molar-refractivity contribution in [1.29, 1.82) is 0 Å². The van der Waals surface area contributed by atoms with Crippen LogP contribution >= 0.6 is 11.6 Å². The summed E-state index contributed by atoms with van der Waals surface area (Å²) in [5.74, 6) is 0.511. The van der Waals surface area contributed by atoms with Crippen molar-refractivity contribution in [3.63, 3.8) is 0 Å². The van der Waals surface area contributed by atoms with E-state index in [-0.39, 0.29) is 17.7 Å². The topological polar surface area (TPSA) is 52.7 Å². The van der Waals surface area contributed by atoms with Gasteiger partial charge in [0.25, 0.3) is 0 Å². The van der Waals surface area contributed by atoms with Crippen molar-refractivity contribution in [2.75, 3.05) is 36.4 Å². The van der Waals surface area contributed by atoms with E-state index in [0.29, 0.717) is 36.1 Å². The van der Waals surface area contributed by atoms with Gasteiger partial charge in [-0.3, -0.25) is 9.59 Å². The minimum Gasteiger partial charge on any atom is -0.367 e. The molecule has 138 valence electrons. The number of anilines is 2. The molecule has 1 aromatic carbocycles. The molecule has 1 aromatic rings. The lowest BCUT2D eigenvalue weighted by Gasteiger charge is -2.37. The van der Waals surface area contributed by atoms with Crippen molar-refractivity contribution in [2.45, 2.75) is 34.1 Å². The second-order valence-corrected chi connectivity index (χ2v) is 7.68. The molecule has 1 aliphatic rings. The molecule has 6 heteroatoms. The Morgan fingerprint density at radius 3 is 2.28 bits per heavy atom. The van der Waals surface area contributed by atoms with E-state index in [1.807, 2.05) is 30.9 Å². The first-order chi connectivity index (χ1) is 11.8. The van der Waals surface area contributed by atoms with E-state index in [9.17, 15) is 9.59 Å². The van der Waals surface area contributed by atoms with Crippen molar-refractivity contribution in [3.8, 4) is 0 Å². The molecule has 0 aromatic heterocycles. The lowest BCUT2D eigenvalue weighted by atomic mass is 10.1. The van der Waals surface area contributed by atoms with Gasteiger partial charge in [-0.1, -0.05) is 39.3 Å². The predicted molar refractivity (Wildman–Crippen MR) is 103 cm³/mol. The third-order valence-electron chi connectivity index (χ3n) is 4.30. The molecule has 1 saturated heterocycles. The van der Waals surface area contributed by atoms with E-state index >= 15 is 0 Å². The number of carbonyl (C=O) groups is 2. The monoisotopic (exact) mass is 365 g/mol. The minimum absolute atomic E-state index is 0.0268. The molecule has 2 amide bonds. The van der Waals surface area contributed by atoms with Crippen LogP contribution in [0.25, 0.3) is 0 Å². The van der Waals surface area contributed by atoms with Crippen LogP contribution in [0.5, 0.6) is 0 Å². The molecule has 25 heavy (non-hydrogen) atoms. The van der Waals surface area contributed by atoms with Crippen molar-refractivity contribution >= 4 is 34.8 Å². The third-order valence-corrected chi connectivity index (χ3v) is 4.60. The van der Waals surface area contributed by atoms with Gasteiger partial charge in [-0.25, -0.2) is 0 Å². The fourth-order valence-corrected chi connectivity index (χ4v) is 3.10. The second-order valence-electron chi connectivity index (χ2n) is 7.28. The lowest BCUT2D eigenvalue weighted by molar-refractivity contribution is -0.132. The van der Waals surface area contributed by atoms with Crippen LogP contribution in [-0.2, 0) is 9.59 Å². The number of benzene rings is 1. The molecule has 1 fully saturated rings. The van der Waals surface area contributed by atoms with E-state index in [1.165, 1.54) is 0 Å². The number of hydrogen-bond acceptors (Lipinski definition) is 3. The van der Waals surface area contributed by atoms with Gasteiger partial charge in [-0.15, -0.1) is 0 Å². The zero-order chi connectivity index (χ0) is 18.6. The highest BCUT2D eigenvalue weighted by molar-refractivity contribution is 6.33. The number of hydrogen-bond donors (Lipinski definition) is 1. The Bertz CT molecular complexity index is 623. The average molecular weight is 366 g/mol. The predicted octanol–water partition coefficient (Wildman–Crippen LogP) is 3.63. The van der Waals surface area contributed by atoms with Gasteiger partial charge in [0, 0.05) is 44.2 Å². The number of halogens is 1. The van der Waals surface area contributed by atoms with Gasteiger partial charge in [0.05, 0.1) is 10.7 Å². The molecule has 0 aliphatic carbocycles. The van der Waals surface area contributed by atoms with Gasteiger partial charge in [0.2, 0.25) is 11.8 Å². The summed E-state index contributed by atoms with van der Waals surface area (Å²) in [5, 5.41) is 3.47. The third kappa shape index (κ3) is 5.36. The Kier molecular flexibility index (Phi) is 6.71. The van der Waals surface area contributed by atoms with E-state index in [4.69, 9.17) is 11.6 Å². The van der Waals surface area contributed by atoms with E-state index in [0.717, 1.165) is 18.8 Å². The van der Waals surface area contributed by atoms with Crippen LogP contribution in [-0.4, -0.2) is 42.9 Å². The van der Waals surface area contributed by atoms with Crippen LogP contribution < -0.4 is 10.2 Å². The first kappa shape index (κ1) is 19.6. The largest absolute Gasteiger partial charge is 0.367 e. The van der Waals surface area contributed by atoms with Gasteiger partial charge in [0.1, 0.15) is 0 Å². The number of piperazine rings is 1. The van der Waals surface area contributed by atoms with Crippen LogP contribution in [0, 0.1) is 11.8 Å². The fourth-order valence-electron chi connectivity index (χ4n) is 2.80. The standard InChI is InChI=1S/C19H28ClN3O2/c1-13(2)11-18(24)23-9-7-22(8-10-23)17-6-5-15(12-16(17)20)21-19(25)14(3)4/h5-6,12-14H,7-11H2,1-4H3,(H,21,25). The smallest absolute Gasteiger partial charge is 0.226 e. The van der Waals surface area contributed by atoms with Crippen LogP contribution in [0.2, 0.25) is 5.02 Å². The average Bonchev–Trinajstić information content (AvgIpc) is 2.54. The summed E-state index contributed by atoms with van der Waals surface area (Å²) in [5.41, 5.74) is 1.65. The van der Waals surface area contributed by atoms with Gasteiger partial charge in [-0.2, -0.15) is 0 Å². The summed E-state index contributed by atoms with van der Waals surface area (Å²) in [6.07, 6.45) is 0.602. The van der Waals surface area contributed by atoms with Gasteiger partial charge < -0.3 is 15.1 Å². The molecule has 0 unspecified atom stereocenters. The molecule has 1 heterocycles. The fraction of sp³-hybridized carbons (Fsp3) is 0.579. The number of amides is 2. The maximum absolute atomic E-state index is 12.2. The molecule has 0 atom stereocenters. The second kappa shape index (κ2) is 8.56. The van der Waals surface area contributed by atoms with Crippen LogP contribution in [0.15, 0.2) is 18.2 Å². The Morgan fingerprint density at radius 1 is 1.12 bits per heavy atom. The van der Waals surface area contributed by atoms with Crippen LogP contribution in [0.3, 0.4) is 0 Å². The first-order valence-corrected chi connectivity index (χ1v) is 9.29. The van der Waals surface area contributed by atoms with E-state index in [1.54, 1.807) is 6.07 Å². The lowest BCUT2D eigenvalue weighted by Crippen LogP contribution is -2.49. The highest BCUT2D eigenvalue weighted by Crippen LogP contribution is 2.30. The van der Waals surface area contributed by atoms with Crippen LogP contribution in [0.1, 0.15) is 34.1 Å². The summed E-state index contributed by atoms with van der Waals surface area (Å²) in [7, 11) is 0. The van der Waals surface area contributed by atoms with Gasteiger partial charge in [-0.05, 0) is 24.1 Å². The zero-order valence-electron chi connectivity index (χ0n) is 15.5. The SMILES string of the molecule is CC(C)CC(=O)N1CCN(c2ccc(NC(=O)C(C)C)cc2Cl)CC1. The number of nitrogens with zero attached hydrogens (tertiary/aromatic N) is 2. The van der Waals surface area contributed by atoms with Gasteiger partial charge >= 0.3 is 0 Å². The van der Waals surface area contributed by atoms with Crippen molar-refractivity contribution in [1.82, 2.24) is 4.90 Å². The number of nitrogens with one attached hydrogen (secondary N) is 1. The molecule has 5 nitrogen and oxygen atoms in total. The normalized spacial score (nSPS) is 15.0. The molecule has 0 radical (unpaired) electrons. The van der Waals surface area contributed by atoms with E-state index < -0.39 is 0 Å². The molecular weight excluding hydrogens is 338 g/mol. The summed E-state index contributed by atoms with van der Waals surface area (Å²) < 4.78 is 0. The van der Waals surface area contributed by atoms with Crippen LogP contribution in [0.4, 0.5) is 11.4 Å². The molecule has 0 bridgehead atoms. The summed E-state index contributed by atoms with van der Waals surface area (Å²) >= 11 is 6.42. The zero-order valence-corrected chi connectivity index (χ0v) is 16.3. The Balaban J connectivity index is 1.97. The minimum atomic E-state index is -0.0742. The number of rotatable bonds is 5. The summed E-state index contributed by atoms with van der Waals surface area (Å²) in [6.45, 7) is 10.8. The molecule has 1 N–H and O–H groups in total. The Labute approximate surface area is 155 Å². The van der Waals surface area contributed by atoms with E-state index in [2.05, 4.69) is 24.1 Å². The molecule has 0 spiro atoms. The Hall–Kier alpha value is -1.75. The molecule has 0 saturated carbocycles. The highest BCUT2D eigenvalue weighted by Gasteiger charge is 2.23. The first-order valence-electron chi connectivity index (χ1n) is 8.91. The highest BCUT2D eigenvalue weighted by atomic mass is 35.5. The molecular formula is C19H28ClN3O2. The van der Waals surface area contributed by atoms with Gasteiger partial charge in [0.15, 0.2) is 0 Å². The summed E-state index contributed by atoms with van der Waals surface area (Å²) in [4.78, 5) is 28.1. The van der Waals surface area contributed by atoms with Crippen molar-refractivity contribution < 1.29 is 9.59 Å². The van der Waals surface area contributed by atoms with Crippen molar-refractivity contribution in [2.24, 2.45) is 11.8 Å². The maximum atomic E-state index is 12.2. The Morgan fingerprint density at radius 2 is 1.76 bits per heavy atom. The summed E-state index contributed by atoms with van der Waals surface area (Å²) in [6, 6.07) is 5.59. The molecule has 1 aliphatic heterocycles.